The molecule has 3 aromatic carbocycles. The van der Waals surface area contributed by atoms with E-state index in [9.17, 15) is 27.9 Å². The lowest BCUT2D eigenvalue weighted by Crippen LogP contribution is -2.48. The van der Waals surface area contributed by atoms with E-state index in [1.165, 1.54) is 12.1 Å². The fourth-order valence-electron chi connectivity index (χ4n) is 5.02. The number of rotatable bonds is 18. The maximum atomic E-state index is 13.5. The molecule has 10 nitrogen and oxygen atoms in total. The zero-order chi connectivity index (χ0) is 33.7. The second-order valence-corrected chi connectivity index (χ2v) is 13.6. The number of carbonyl (C=O) groups is 3. The molecule has 0 aliphatic rings. The molecule has 2 atom stereocenters. The summed E-state index contributed by atoms with van der Waals surface area (Å²) in [5, 5.41) is 15.8. The molecular weight excluding hydrogens is 606 g/mol. The number of carboxylic acids is 1. The van der Waals surface area contributed by atoms with Gasteiger partial charge in [0.05, 0.1) is 18.4 Å². The van der Waals surface area contributed by atoms with Crippen LogP contribution in [0.4, 0.5) is 0 Å². The first-order chi connectivity index (χ1) is 21.9. The number of sulfonamides is 1. The van der Waals surface area contributed by atoms with Gasteiger partial charge < -0.3 is 20.5 Å². The molecule has 0 saturated carbocycles. The van der Waals surface area contributed by atoms with Crippen LogP contribution in [0.2, 0.25) is 0 Å². The summed E-state index contributed by atoms with van der Waals surface area (Å²) < 4.78 is 33.3. The first-order valence-corrected chi connectivity index (χ1v) is 16.9. The maximum absolute atomic E-state index is 13.5. The van der Waals surface area contributed by atoms with E-state index in [0.717, 1.165) is 21.0 Å². The molecule has 0 fully saturated rings. The number of amides is 2. The number of hydrogen-bond acceptors (Lipinski definition) is 6. The van der Waals surface area contributed by atoms with Gasteiger partial charge in [0.2, 0.25) is 21.8 Å². The number of benzene rings is 3. The predicted octanol–water partition coefficient (Wildman–Crippen LogP) is 4.36. The van der Waals surface area contributed by atoms with E-state index in [4.69, 9.17) is 4.74 Å². The maximum Gasteiger partial charge on any atom is 0.322 e. The Morgan fingerprint density at radius 1 is 0.891 bits per heavy atom. The minimum absolute atomic E-state index is 0.0516. The van der Waals surface area contributed by atoms with Crippen LogP contribution >= 0.6 is 0 Å². The van der Waals surface area contributed by atoms with Crippen LogP contribution in [-0.2, 0) is 37.2 Å². The second kappa shape index (κ2) is 17.5. The van der Waals surface area contributed by atoms with E-state index in [1.807, 2.05) is 51.1 Å². The van der Waals surface area contributed by atoms with Crippen molar-refractivity contribution >= 4 is 27.8 Å². The summed E-state index contributed by atoms with van der Waals surface area (Å²) in [4.78, 5) is 38.5. The van der Waals surface area contributed by atoms with Crippen molar-refractivity contribution in [2.45, 2.75) is 69.9 Å². The van der Waals surface area contributed by atoms with Crippen molar-refractivity contribution in [3.63, 3.8) is 0 Å². The van der Waals surface area contributed by atoms with Crippen LogP contribution in [0.1, 0.15) is 49.8 Å². The first-order valence-electron chi connectivity index (χ1n) is 15.5. The normalized spacial score (nSPS) is 12.8. The summed E-state index contributed by atoms with van der Waals surface area (Å²) >= 11 is 0. The second-order valence-electron chi connectivity index (χ2n) is 11.8. The predicted molar refractivity (Wildman–Crippen MR) is 177 cm³/mol. The van der Waals surface area contributed by atoms with Gasteiger partial charge in [0.25, 0.3) is 0 Å². The monoisotopic (exact) mass is 651 g/mol. The Morgan fingerprint density at radius 3 is 2.13 bits per heavy atom. The Kier molecular flexibility index (Phi) is 13.8. The third-order valence-electron chi connectivity index (χ3n) is 7.47. The van der Waals surface area contributed by atoms with Crippen LogP contribution in [0.3, 0.4) is 0 Å². The fourth-order valence-corrected chi connectivity index (χ4v) is 6.80. The van der Waals surface area contributed by atoms with Gasteiger partial charge in [-0.05, 0) is 67.5 Å². The van der Waals surface area contributed by atoms with E-state index < -0.39 is 28.1 Å². The van der Waals surface area contributed by atoms with Crippen LogP contribution in [0.15, 0.2) is 83.8 Å². The van der Waals surface area contributed by atoms with Gasteiger partial charge in [-0.25, -0.2) is 8.42 Å². The van der Waals surface area contributed by atoms with Crippen LogP contribution in [0, 0.1) is 12.8 Å². The van der Waals surface area contributed by atoms with Gasteiger partial charge in [0, 0.05) is 19.5 Å². The van der Waals surface area contributed by atoms with Crippen molar-refractivity contribution in [1.29, 1.82) is 0 Å². The standard InChI is InChI=1S/C35H45N3O7S/c1-25(2)24-38(46(43,44)30-19-13-26(3)14-20-30)32(35(41)42)12-8-9-21-36-34(40)31(22-27-10-6-5-7-11-27)37-33(39)23-28-15-17-29(45-4)18-16-28/h5-7,10-11,13-20,25,31-32H,8-9,12,21-24H2,1-4H3,(H,36,40)(H,37,39)(H,41,42)/t31-,32-/m0/s1. The first kappa shape index (κ1) is 36.3. The van der Waals surface area contributed by atoms with Crippen molar-refractivity contribution in [2.24, 2.45) is 5.92 Å². The largest absolute Gasteiger partial charge is 0.497 e. The average Bonchev–Trinajstić information content (AvgIpc) is 3.02. The Morgan fingerprint density at radius 2 is 1.54 bits per heavy atom. The zero-order valence-corrected chi connectivity index (χ0v) is 27.8. The molecule has 0 aliphatic heterocycles. The number of ether oxygens (including phenoxy) is 1. The van der Waals surface area contributed by atoms with Crippen LogP contribution in [0.5, 0.6) is 5.75 Å². The zero-order valence-electron chi connectivity index (χ0n) is 26.9. The van der Waals surface area contributed by atoms with Gasteiger partial charge in [-0.15, -0.1) is 0 Å². The SMILES string of the molecule is COc1ccc(CC(=O)N[C@@H](Cc2ccccc2)C(=O)NCCCC[C@@H](C(=O)O)N(CC(C)C)S(=O)(=O)c2ccc(C)cc2)cc1. The highest BCUT2D eigenvalue weighted by atomic mass is 32.2. The van der Waals surface area contributed by atoms with Crippen molar-refractivity contribution in [3.05, 3.63) is 95.6 Å². The number of nitrogens with one attached hydrogen (secondary N) is 2. The fraction of sp³-hybridized carbons (Fsp3) is 0.400. The molecule has 0 heterocycles. The van der Waals surface area contributed by atoms with Gasteiger partial charge in [-0.3, -0.25) is 14.4 Å². The number of aliphatic carboxylic acids is 1. The van der Waals surface area contributed by atoms with E-state index in [1.54, 1.807) is 43.5 Å². The van der Waals surface area contributed by atoms with E-state index >= 15 is 0 Å². The Hall–Kier alpha value is -4.22. The summed E-state index contributed by atoms with van der Waals surface area (Å²) in [5.41, 5.74) is 2.56. The van der Waals surface area contributed by atoms with Crippen LogP contribution < -0.4 is 15.4 Å². The van der Waals surface area contributed by atoms with Gasteiger partial charge in [-0.1, -0.05) is 74.0 Å². The summed E-state index contributed by atoms with van der Waals surface area (Å²) in [6.07, 6.45) is 1.26. The van der Waals surface area contributed by atoms with E-state index in [-0.39, 0.29) is 48.6 Å². The topological polar surface area (TPSA) is 142 Å². The molecule has 0 aliphatic carbocycles. The molecule has 0 aromatic heterocycles. The molecular formula is C35H45N3O7S. The minimum Gasteiger partial charge on any atom is -0.497 e. The molecule has 11 heteroatoms. The number of unbranched alkanes of at least 4 members (excludes halogenated alkanes) is 1. The summed E-state index contributed by atoms with van der Waals surface area (Å²) in [5.74, 6) is -1.29. The third kappa shape index (κ3) is 11.0. The molecule has 3 aromatic rings. The highest BCUT2D eigenvalue weighted by molar-refractivity contribution is 7.89. The van der Waals surface area contributed by atoms with Gasteiger partial charge in [0.1, 0.15) is 17.8 Å². The Bertz CT molecular complexity index is 1530. The molecule has 0 bridgehead atoms. The number of nitrogens with zero attached hydrogens (tertiary/aromatic N) is 1. The molecule has 0 radical (unpaired) electrons. The molecule has 3 rings (SSSR count). The summed E-state index contributed by atoms with van der Waals surface area (Å²) in [7, 11) is -2.49. The Labute approximate surface area is 272 Å². The lowest BCUT2D eigenvalue weighted by molar-refractivity contribution is -0.142. The third-order valence-corrected chi connectivity index (χ3v) is 9.36. The number of carbonyl (C=O) groups excluding carboxylic acids is 2. The molecule has 0 unspecified atom stereocenters. The highest BCUT2D eigenvalue weighted by Crippen LogP contribution is 2.23. The minimum atomic E-state index is -4.06. The Balaban J connectivity index is 1.62. The van der Waals surface area contributed by atoms with E-state index in [0.29, 0.717) is 25.0 Å². The molecule has 248 valence electrons. The van der Waals surface area contributed by atoms with Crippen molar-refractivity contribution < 1.29 is 32.6 Å². The van der Waals surface area contributed by atoms with Gasteiger partial charge in [0.15, 0.2) is 0 Å². The number of methoxy groups -OCH3 is 1. The van der Waals surface area contributed by atoms with Gasteiger partial charge in [-0.2, -0.15) is 4.31 Å². The summed E-state index contributed by atoms with van der Waals surface area (Å²) in [6.45, 7) is 5.82. The average molecular weight is 652 g/mol. The lowest BCUT2D eigenvalue weighted by atomic mass is 10.0. The van der Waals surface area contributed by atoms with Crippen molar-refractivity contribution in [2.75, 3.05) is 20.2 Å². The van der Waals surface area contributed by atoms with Crippen LogP contribution in [0.25, 0.3) is 0 Å². The molecule has 0 saturated heterocycles. The van der Waals surface area contributed by atoms with E-state index in [2.05, 4.69) is 10.6 Å². The number of carboxylic acid groups (broad SMARTS) is 1. The quantitative estimate of drug-likeness (QED) is 0.174. The number of aryl methyl sites for hydroxylation is 1. The lowest BCUT2D eigenvalue weighted by Gasteiger charge is -2.29. The molecule has 3 N–H and O–H groups in total. The van der Waals surface area contributed by atoms with Crippen LogP contribution in [-0.4, -0.2) is 67.9 Å². The molecule has 46 heavy (non-hydrogen) atoms. The van der Waals surface area contributed by atoms with Crippen molar-refractivity contribution in [1.82, 2.24) is 14.9 Å². The smallest absolute Gasteiger partial charge is 0.322 e. The van der Waals surface area contributed by atoms with Crippen molar-refractivity contribution in [3.8, 4) is 5.75 Å². The summed E-state index contributed by atoms with van der Waals surface area (Å²) in [6, 6.07) is 20.8. The molecule has 2 amide bonds. The van der Waals surface area contributed by atoms with Gasteiger partial charge >= 0.3 is 5.97 Å². The number of hydrogen-bond donors (Lipinski definition) is 3. The molecule has 0 spiro atoms. The highest BCUT2D eigenvalue weighted by Gasteiger charge is 2.36.